The van der Waals surface area contributed by atoms with E-state index in [2.05, 4.69) is 50.3 Å². The third kappa shape index (κ3) is 43.6. The van der Waals surface area contributed by atoms with Gasteiger partial charge in [0.25, 0.3) is 0 Å². The van der Waals surface area contributed by atoms with Crippen molar-refractivity contribution in [1.82, 2.24) is 0 Å². The van der Waals surface area contributed by atoms with E-state index in [4.69, 9.17) is 18.5 Å². The Balaban J connectivity index is 4.31. The van der Waals surface area contributed by atoms with E-state index in [9.17, 15) is 19.0 Å². The van der Waals surface area contributed by atoms with Gasteiger partial charge in [0.15, 0.2) is 6.10 Å². The van der Waals surface area contributed by atoms with E-state index in [1.54, 1.807) is 0 Å². The molecule has 0 rings (SSSR count). The highest BCUT2D eigenvalue weighted by atomic mass is 31.2. The molecule has 0 aromatic rings. The molecule has 0 fully saturated rings. The Kier molecular flexibility index (Phi) is 38.4. The van der Waals surface area contributed by atoms with Crippen LogP contribution in [-0.2, 0) is 32.7 Å². The third-order valence-electron chi connectivity index (χ3n) is 9.89. The van der Waals surface area contributed by atoms with Gasteiger partial charge in [0.05, 0.1) is 27.7 Å². The average Bonchev–Trinajstić information content (AvgIpc) is 3.16. The van der Waals surface area contributed by atoms with Gasteiger partial charge < -0.3 is 18.9 Å². The third-order valence-corrected chi connectivity index (χ3v) is 10.9. The number of likely N-dealkylation sites (N-methyl/N-ethyl adjacent to an activating group) is 1. The van der Waals surface area contributed by atoms with Crippen molar-refractivity contribution in [2.24, 2.45) is 0 Å². The molecule has 0 heterocycles. The molecule has 0 saturated heterocycles. The molecule has 0 amide bonds. The second-order valence-electron chi connectivity index (χ2n) is 16.8. The highest BCUT2D eigenvalue weighted by Gasteiger charge is 2.27. The lowest BCUT2D eigenvalue weighted by Crippen LogP contribution is -2.37. The van der Waals surface area contributed by atoms with Crippen LogP contribution in [-0.4, -0.2) is 74.9 Å². The van der Waals surface area contributed by atoms with Gasteiger partial charge in [0.2, 0.25) is 0 Å². The molecule has 0 aromatic carbocycles. The summed E-state index contributed by atoms with van der Waals surface area (Å²) in [5.41, 5.74) is 0. The molecule has 0 aliphatic rings. The van der Waals surface area contributed by atoms with Crippen LogP contribution in [0.2, 0.25) is 0 Å². The number of rotatable bonds is 42. The van der Waals surface area contributed by atoms with Crippen LogP contribution in [0.3, 0.4) is 0 Å². The van der Waals surface area contributed by atoms with Gasteiger partial charge in [0.1, 0.15) is 19.8 Å². The largest absolute Gasteiger partial charge is 0.472 e. The minimum Gasteiger partial charge on any atom is -0.462 e. The summed E-state index contributed by atoms with van der Waals surface area (Å²) in [6, 6.07) is 0. The van der Waals surface area contributed by atoms with Crippen molar-refractivity contribution >= 4 is 19.8 Å². The Hall–Kier alpha value is -1.77. The Morgan fingerprint density at radius 1 is 0.544 bits per heavy atom. The summed E-state index contributed by atoms with van der Waals surface area (Å²) in [5, 5.41) is 0. The Morgan fingerprint density at radius 2 is 0.947 bits per heavy atom. The van der Waals surface area contributed by atoms with Gasteiger partial charge in [-0.15, -0.1) is 0 Å². The highest BCUT2D eigenvalue weighted by Crippen LogP contribution is 2.43. The maximum Gasteiger partial charge on any atom is 0.472 e. The summed E-state index contributed by atoms with van der Waals surface area (Å²) in [6.45, 7) is 4.38. The van der Waals surface area contributed by atoms with Gasteiger partial charge >= 0.3 is 19.8 Å². The Bertz CT molecular complexity index is 1070. The topological polar surface area (TPSA) is 108 Å². The number of hydrogen-bond acceptors (Lipinski definition) is 7. The highest BCUT2D eigenvalue weighted by molar-refractivity contribution is 7.47. The van der Waals surface area contributed by atoms with Crippen LogP contribution in [0.1, 0.15) is 200 Å². The quantitative estimate of drug-likeness (QED) is 0.0213. The lowest BCUT2D eigenvalue weighted by Gasteiger charge is -2.24. The fraction of sp³-hybridized carbons (Fsp3) is 0.830. The van der Waals surface area contributed by atoms with Gasteiger partial charge in [-0.3, -0.25) is 18.6 Å². The Morgan fingerprint density at radius 3 is 1.44 bits per heavy atom. The van der Waals surface area contributed by atoms with E-state index in [0.29, 0.717) is 17.4 Å². The van der Waals surface area contributed by atoms with Crippen molar-refractivity contribution in [3.05, 3.63) is 36.5 Å². The number of allylic oxidation sites excluding steroid dienone is 6. The van der Waals surface area contributed by atoms with Crippen LogP contribution >= 0.6 is 7.82 Å². The summed E-state index contributed by atoms with van der Waals surface area (Å²) in [6.07, 6.45) is 44.7. The van der Waals surface area contributed by atoms with Crippen LogP contribution < -0.4 is 0 Å². The van der Waals surface area contributed by atoms with Gasteiger partial charge in [-0.2, -0.15) is 0 Å². The number of nitrogens with zero attached hydrogens (tertiary/aromatic N) is 1. The standard InChI is InChI=1S/C47H88NO8P/c1-6-8-10-12-14-16-18-20-22-23-24-25-26-28-29-31-33-35-37-39-46(49)53-43-45(44-55-57(51,52)54-42-41-48(3,4)5)56-47(50)40-38-36-34-32-30-27-21-19-17-15-13-11-9-7-2/h14,16,19-22,45H,6-13,15,17-18,23-44H2,1-5H3/p+1/b16-14+,21-19+,22-20+/t45-/m0/s1. The van der Waals surface area contributed by atoms with E-state index in [0.717, 1.165) is 57.8 Å². The summed E-state index contributed by atoms with van der Waals surface area (Å²) in [5.74, 6) is -0.810. The molecule has 0 aromatic heterocycles. The van der Waals surface area contributed by atoms with Gasteiger partial charge in [-0.25, -0.2) is 4.57 Å². The maximum absolute atomic E-state index is 12.7. The zero-order valence-corrected chi connectivity index (χ0v) is 38.5. The zero-order valence-electron chi connectivity index (χ0n) is 37.6. The van der Waals surface area contributed by atoms with Crippen molar-refractivity contribution in [2.45, 2.75) is 206 Å². The predicted molar refractivity (Wildman–Crippen MR) is 238 cm³/mol. The molecule has 334 valence electrons. The van der Waals surface area contributed by atoms with Gasteiger partial charge in [-0.1, -0.05) is 153 Å². The van der Waals surface area contributed by atoms with Crippen molar-refractivity contribution < 1.29 is 42.1 Å². The first-order chi connectivity index (χ1) is 27.5. The normalized spacial score (nSPS) is 13.9. The molecule has 0 aliphatic carbocycles. The summed E-state index contributed by atoms with van der Waals surface area (Å²) in [4.78, 5) is 35.4. The van der Waals surface area contributed by atoms with Crippen LogP contribution in [0, 0.1) is 0 Å². The molecule has 9 nitrogen and oxygen atoms in total. The molecular formula is C47H89NO8P+. The van der Waals surface area contributed by atoms with E-state index in [1.807, 2.05) is 21.1 Å². The van der Waals surface area contributed by atoms with E-state index in [1.165, 1.54) is 109 Å². The first-order valence-electron chi connectivity index (χ1n) is 23.2. The SMILES string of the molecule is CCCCC/C=C/C/C=C/CCCCCCCCCCCC(=O)OC[C@@H](COP(=O)(O)OCC[N+](C)(C)C)OC(=O)CCCCCCC/C=C/CCCCCCC. The second-order valence-corrected chi connectivity index (χ2v) is 18.2. The van der Waals surface area contributed by atoms with Crippen LogP contribution in [0.25, 0.3) is 0 Å². The fourth-order valence-electron chi connectivity index (χ4n) is 6.21. The van der Waals surface area contributed by atoms with Gasteiger partial charge in [0, 0.05) is 12.8 Å². The minimum absolute atomic E-state index is 0.0295. The fourth-order valence-corrected chi connectivity index (χ4v) is 6.96. The molecule has 0 spiro atoms. The number of unbranched alkanes of at least 4 members (excludes halogenated alkanes) is 22. The zero-order chi connectivity index (χ0) is 42.1. The molecule has 10 heteroatoms. The van der Waals surface area contributed by atoms with E-state index < -0.39 is 26.5 Å². The molecule has 57 heavy (non-hydrogen) atoms. The number of quaternary nitrogens is 1. The number of carbonyl (C=O) groups excluding carboxylic acids is 2. The number of ether oxygens (including phenoxy) is 2. The minimum atomic E-state index is -4.38. The number of esters is 2. The number of phosphoric acid groups is 1. The molecule has 0 bridgehead atoms. The van der Waals surface area contributed by atoms with Crippen LogP contribution in [0.4, 0.5) is 0 Å². The first kappa shape index (κ1) is 55.2. The molecule has 0 saturated carbocycles. The molecule has 1 N–H and O–H groups in total. The van der Waals surface area contributed by atoms with Crippen molar-refractivity contribution in [3.63, 3.8) is 0 Å². The van der Waals surface area contributed by atoms with E-state index in [-0.39, 0.29) is 32.0 Å². The van der Waals surface area contributed by atoms with E-state index >= 15 is 0 Å². The Labute approximate surface area is 351 Å². The summed E-state index contributed by atoms with van der Waals surface area (Å²) >= 11 is 0. The number of hydrogen-bond donors (Lipinski definition) is 1. The van der Waals surface area contributed by atoms with Crippen LogP contribution in [0.5, 0.6) is 0 Å². The lowest BCUT2D eigenvalue weighted by atomic mass is 10.1. The van der Waals surface area contributed by atoms with Gasteiger partial charge in [-0.05, 0) is 70.6 Å². The second kappa shape index (κ2) is 39.7. The number of carbonyl (C=O) groups is 2. The van der Waals surface area contributed by atoms with Crippen LogP contribution in [0.15, 0.2) is 36.5 Å². The van der Waals surface area contributed by atoms with Crippen molar-refractivity contribution in [3.8, 4) is 0 Å². The maximum atomic E-state index is 12.7. The summed E-state index contributed by atoms with van der Waals surface area (Å²) in [7, 11) is 1.47. The smallest absolute Gasteiger partial charge is 0.462 e. The monoisotopic (exact) mass is 827 g/mol. The molecule has 0 radical (unpaired) electrons. The molecule has 0 aliphatic heterocycles. The average molecular weight is 827 g/mol. The van der Waals surface area contributed by atoms with Crippen molar-refractivity contribution in [2.75, 3.05) is 47.5 Å². The van der Waals surface area contributed by atoms with Crippen molar-refractivity contribution in [1.29, 1.82) is 0 Å². The molecule has 1 unspecified atom stereocenters. The summed E-state index contributed by atoms with van der Waals surface area (Å²) < 4.78 is 34.3. The first-order valence-corrected chi connectivity index (χ1v) is 24.7. The molecule has 2 atom stereocenters. The number of phosphoric ester groups is 1. The lowest BCUT2D eigenvalue weighted by molar-refractivity contribution is -0.870. The predicted octanol–water partition coefficient (Wildman–Crippen LogP) is 13.3. The molecular weight excluding hydrogens is 737 g/mol.